The third kappa shape index (κ3) is 10.3. The van der Waals surface area contributed by atoms with E-state index in [0.717, 1.165) is 30.3 Å². The summed E-state index contributed by atoms with van der Waals surface area (Å²) < 4.78 is 94.0. The van der Waals surface area contributed by atoms with Crippen LogP contribution >= 0.6 is 19.6 Å². The molecule has 1 saturated heterocycles. The van der Waals surface area contributed by atoms with E-state index in [4.69, 9.17) is 19.5 Å². The number of allylic oxidation sites excluding steroid dienone is 2. The number of carbonyl (C=O) groups excluding carboxylic acids is 1. The molecule has 0 bridgehead atoms. The van der Waals surface area contributed by atoms with Crippen molar-refractivity contribution in [1.29, 1.82) is 5.26 Å². The van der Waals surface area contributed by atoms with Gasteiger partial charge in [-0.3, -0.25) is 4.52 Å². The van der Waals surface area contributed by atoms with Crippen molar-refractivity contribution >= 4 is 31.6 Å². The standard InChI is InChI=1S/C35H31F4N4O8PS/c1-22(53-26-16-48-33(49-17-26)8-3-2-5-24-10-9-23(15-40)13-31(24)38)35(19-43-21-41-20-42-43,29-12-11-25(36)14-32(29)39)51-34(44)27-6-4-7-30(37)28(27)18-50-52(45,46)47/h2-14,20-22,26,33H,16-19H2,1H3,(H2,45,46,47)/b5-2+,8-3+/t22-,26-,33-,35-/m1/s1. The largest absolute Gasteiger partial charge is 0.469 e. The summed E-state index contributed by atoms with van der Waals surface area (Å²) in [6.07, 6.45) is 8.00. The number of ether oxygens (including phenoxy) is 3. The Balaban J connectivity index is 1.39. The smallest absolute Gasteiger partial charge is 0.447 e. The molecular formula is C35H31F4N4O8PS. The fourth-order valence-electron chi connectivity index (χ4n) is 5.39. The van der Waals surface area contributed by atoms with Crippen LogP contribution in [-0.2, 0) is 42.1 Å². The zero-order valence-electron chi connectivity index (χ0n) is 27.7. The number of halogens is 4. The van der Waals surface area contributed by atoms with Gasteiger partial charge in [0.2, 0.25) is 0 Å². The topological polar surface area (TPSA) is 166 Å². The van der Waals surface area contributed by atoms with Crippen molar-refractivity contribution in [3.63, 3.8) is 0 Å². The highest BCUT2D eigenvalue weighted by Gasteiger charge is 2.47. The highest BCUT2D eigenvalue weighted by Crippen LogP contribution is 2.43. The zero-order chi connectivity index (χ0) is 38.2. The SMILES string of the molecule is C[C@@H](S[C@H]1CO[C@H](/C=C/C=C/c2ccc(C#N)cc2F)OC1)[C@@](Cn1cncn1)(OC(=O)c1cccc(F)c1COP(=O)(O)O)c1ccc(F)cc1F. The van der Waals surface area contributed by atoms with Crippen LogP contribution in [0.2, 0.25) is 0 Å². The predicted octanol–water partition coefficient (Wildman–Crippen LogP) is 6.20. The van der Waals surface area contributed by atoms with E-state index in [-0.39, 0.29) is 36.4 Å². The Morgan fingerprint density at radius 1 is 1.11 bits per heavy atom. The van der Waals surface area contributed by atoms with Crippen LogP contribution in [0.1, 0.15) is 39.5 Å². The monoisotopic (exact) mass is 774 g/mol. The molecule has 0 radical (unpaired) electrons. The Kier molecular flexibility index (Phi) is 13.0. The zero-order valence-corrected chi connectivity index (χ0v) is 29.4. The second kappa shape index (κ2) is 17.4. The quantitative estimate of drug-likeness (QED) is 0.0646. The number of phosphoric acid groups is 1. The number of rotatable bonds is 14. The van der Waals surface area contributed by atoms with E-state index in [9.17, 15) is 32.3 Å². The summed E-state index contributed by atoms with van der Waals surface area (Å²) in [5.41, 5.74) is -2.76. The molecule has 1 fully saturated rings. The summed E-state index contributed by atoms with van der Waals surface area (Å²) >= 11 is 1.19. The maximum atomic E-state index is 15.8. The summed E-state index contributed by atoms with van der Waals surface area (Å²) in [5, 5.41) is 11.7. The van der Waals surface area contributed by atoms with E-state index in [2.05, 4.69) is 14.6 Å². The molecule has 0 amide bonds. The van der Waals surface area contributed by atoms with Crippen LogP contribution in [0.15, 0.2) is 85.5 Å². The first kappa shape index (κ1) is 39.5. The van der Waals surface area contributed by atoms with Gasteiger partial charge in [-0.1, -0.05) is 30.4 Å². The molecule has 2 N–H and O–H groups in total. The van der Waals surface area contributed by atoms with Gasteiger partial charge in [-0.05, 0) is 49.4 Å². The van der Waals surface area contributed by atoms with Gasteiger partial charge in [0.1, 0.15) is 35.9 Å². The lowest BCUT2D eigenvalue weighted by atomic mass is 9.89. The van der Waals surface area contributed by atoms with E-state index in [1.807, 2.05) is 6.07 Å². The molecule has 5 rings (SSSR count). The summed E-state index contributed by atoms with van der Waals surface area (Å²) in [6.45, 7) is 0.502. The molecule has 2 heterocycles. The second-order valence-electron chi connectivity index (χ2n) is 11.6. The molecule has 1 aliphatic rings. The summed E-state index contributed by atoms with van der Waals surface area (Å²) in [5.74, 6) is -4.75. The molecule has 4 aromatic rings. The highest BCUT2D eigenvalue weighted by molar-refractivity contribution is 8.00. The average Bonchev–Trinajstić information content (AvgIpc) is 3.63. The summed E-state index contributed by atoms with van der Waals surface area (Å²) in [6, 6.07) is 12.0. The number of nitriles is 1. The maximum Gasteiger partial charge on any atom is 0.469 e. The lowest BCUT2D eigenvalue weighted by Crippen LogP contribution is -2.47. The fourth-order valence-corrected chi connectivity index (χ4v) is 7.05. The minimum absolute atomic E-state index is 0.116. The third-order valence-corrected chi connectivity index (χ3v) is 9.88. The van der Waals surface area contributed by atoms with Crippen LogP contribution in [0.4, 0.5) is 17.6 Å². The van der Waals surface area contributed by atoms with Gasteiger partial charge in [0.05, 0.1) is 48.8 Å². The molecule has 0 aliphatic carbocycles. The van der Waals surface area contributed by atoms with Crippen molar-refractivity contribution in [2.24, 2.45) is 0 Å². The number of thioether (sulfide) groups is 1. The molecular weight excluding hydrogens is 743 g/mol. The number of benzene rings is 3. The molecule has 53 heavy (non-hydrogen) atoms. The van der Waals surface area contributed by atoms with Crippen LogP contribution in [-0.4, -0.2) is 60.5 Å². The van der Waals surface area contributed by atoms with Crippen molar-refractivity contribution in [3.8, 4) is 6.07 Å². The van der Waals surface area contributed by atoms with Crippen molar-refractivity contribution in [2.45, 2.75) is 42.5 Å². The highest BCUT2D eigenvalue weighted by atomic mass is 32.2. The first-order valence-corrected chi connectivity index (χ1v) is 18.2. The molecule has 3 aromatic carbocycles. The van der Waals surface area contributed by atoms with Crippen molar-refractivity contribution in [1.82, 2.24) is 14.8 Å². The molecule has 1 aromatic heterocycles. The summed E-state index contributed by atoms with van der Waals surface area (Å²) in [4.78, 5) is 36.3. The number of hydrogen-bond acceptors (Lipinski definition) is 10. The fraction of sp³-hybridized carbons (Fsp3) is 0.257. The number of hydrogen-bond donors (Lipinski definition) is 2. The van der Waals surface area contributed by atoms with E-state index >= 15 is 4.39 Å². The number of carbonyl (C=O) groups is 1. The van der Waals surface area contributed by atoms with Gasteiger partial charge in [0.25, 0.3) is 0 Å². The first-order valence-electron chi connectivity index (χ1n) is 15.7. The molecule has 2 atom stereocenters. The van der Waals surface area contributed by atoms with Crippen LogP contribution < -0.4 is 0 Å². The maximum absolute atomic E-state index is 15.8. The molecule has 0 spiro atoms. The number of esters is 1. The van der Waals surface area contributed by atoms with Crippen LogP contribution in [0, 0.1) is 34.6 Å². The van der Waals surface area contributed by atoms with Gasteiger partial charge < -0.3 is 24.0 Å². The second-order valence-corrected chi connectivity index (χ2v) is 14.4. The Hall–Kier alpha value is -4.66. The Bertz CT molecular complexity index is 2070. The first-order chi connectivity index (χ1) is 25.3. The van der Waals surface area contributed by atoms with E-state index in [0.29, 0.717) is 6.07 Å². The molecule has 1 aliphatic heterocycles. The average molecular weight is 775 g/mol. The van der Waals surface area contributed by atoms with Gasteiger partial charge in [-0.25, -0.2) is 36.6 Å². The van der Waals surface area contributed by atoms with Crippen LogP contribution in [0.5, 0.6) is 0 Å². The molecule has 0 saturated carbocycles. The van der Waals surface area contributed by atoms with E-state index in [1.165, 1.54) is 53.4 Å². The predicted molar refractivity (Wildman–Crippen MR) is 183 cm³/mol. The van der Waals surface area contributed by atoms with Crippen molar-refractivity contribution in [2.75, 3.05) is 13.2 Å². The van der Waals surface area contributed by atoms with E-state index in [1.54, 1.807) is 25.2 Å². The van der Waals surface area contributed by atoms with Gasteiger partial charge in [0.15, 0.2) is 11.9 Å². The third-order valence-electron chi connectivity index (χ3n) is 7.97. The molecule has 12 nitrogen and oxygen atoms in total. The Morgan fingerprint density at radius 3 is 2.55 bits per heavy atom. The number of aromatic nitrogens is 3. The molecule has 0 unspecified atom stereocenters. The molecule has 18 heteroatoms. The number of nitrogens with zero attached hydrogens (tertiary/aromatic N) is 4. The van der Waals surface area contributed by atoms with Crippen molar-refractivity contribution in [3.05, 3.63) is 137 Å². The summed E-state index contributed by atoms with van der Waals surface area (Å²) in [7, 11) is -5.09. The lowest BCUT2D eigenvalue weighted by molar-refractivity contribution is -0.146. The van der Waals surface area contributed by atoms with E-state index < -0.39 is 77.2 Å². The Morgan fingerprint density at radius 2 is 1.89 bits per heavy atom. The van der Waals surface area contributed by atoms with Crippen molar-refractivity contribution < 1.29 is 55.4 Å². The van der Waals surface area contributed by atoms with Gasteiger partial charge in [-0.15, -0.1) is 11.8 Å². The van der Waals surface area contributed by atoms with Gasteiger partial charge in [0, 0.05) is 28.0 Å². The normalized spacial score (nSPS) is 18.2. The van der Waals surface area contributed by atoms with Crippen LogP contribution in [0.25, 0.3) is 6.08 Å². The minimum Gasteiger partial charge on any atom is -0.447 e. The van der Waals surface area contributed by atoms with Gasteiger partial charge >= 0.3 is 13.8 Å². The molecule has 278 valence electrons. The minimum atomic E-state index is -5.09. The number of phosphoric ester groups is 1. The van der Waals surface area contributed by atoms with Gasteiger partial charge in [-0.2, -0.15) is 10.4 Å². The van der Waals surface area contributed by atoms with Crippen LogP contribution in [0.3, 0.4) is 0 Å². The lowest BCUT2D eigenvalue weighted by Gasteiger charge is -2.40. The Labute approximate surface area is 304 Å².